The van der Waals surface area contributed by atoms with E-state index < -0.39 is 0 Å². The maximum Gasteiger partial charge on any atom is 0.138 e. The van der Waals surface area contributed by atoms with Crippen molar-refractivity contribution in [1.82, 2.24) is 20.1 Å². The van der Waals surface area contributed by atoms with Crippen molar-refractivity contribution in [2.75, 3.05) is 6.54 Å². The normalized spacial score (nSPS) is 23.0. The second kappa shape index (κ2) is 4.34. The Morgan fingerprint density at radius 1 is 1.33 bits per heavy atom. The lowest BCUT2D eigenvalue weighted by Crippen LogP contribution is -2.36. The Morgan fingerprint density at radius 3 is 2.33 bits per heavy atom. The third-order valence-corrected chi connectivity index (χ3v) is 5.21. The summed E-state index contributed by atoms with van der Waals surface area (Å²) in [4.78, 5) is 4.36. The van der Waals surface area contributed by atoms with E-state index >= 15 is 0 Å². The van der Waals surface area contributed by atoms with Gasteiger partial charge in [-0.3, -0.25) is 4.68 Å². The number of likely N-dealkylation sites (N-methyl/N-ethyl adjacent to an activating group) is 1. The third-order valence-electron chi connectivity index (χ3n) is 5.21. The van der Waals surface area contributed by atoms with Crippen LogP contribution in [0.2, 0.25) is 0 Å². The molecule has 1 heterocycles. The first kappa shape index (κ1) is 13.5. The van der Waals surface area contributed by atoms with Crippen LogP contribution in [0, 0.1) is 16.7 Å². The van der Waals surface area contributed by atoms with Crippen molar-refractivity contribution in [1.29, 1.82) is 0 Å². The lowest BCUT2D eigenvalue weighted by atomic mass is 10.0. The van der Waals surface area contributed by atoms with Crippen LogP contribution < -0.4 is 5.32 Å². The van der Waals surface area contributed by atoms with Crippen LogP contribution >= 0.6 is 0 Å². The summed E-state index contributed by atoms with van der Waals surface area (Å²) in [7, 11) is 1.97. The molecular weight excluding hydrogens is 224 g/mol. The summed E-state index contributed by atoms with van der Waals surface area (Å²) in [5, 5.41) is 7.80. The fraction of sp³-hybridized carbons (Fsp3) is 0.857. The van der Waals surface area contributed by atoms with Crippen molar-refractivity contribution in [2.45, 2.75) is 47.1 Å². The predicted octanol–water partition coefficient (Wildman–Crippen LogP) is 2.02. The number of rotatable bonds is 5. The largest absolute Gasteiger partial charge is 0.313 e. The summed E-state index contributed by atoms with van der Waals surface area (Å²) in [5.41, 5.74) is 0.802. The second-order valence-corrected chi connectivity index (χ2v) is 6.59. The number of hydrogen-bond acceptors (Lipinski definition) is 3. The van der Waals surface area contributed by atoms with E-state index in [1.54, 1.807) is 6.33 Å². The molecule has 1 aromatic rings. The number of hydrogen-bond donors (Lipinski definition) is 1. The van der Waals surface area contributed by atoms with Gasteiger partial charge in [-0.05, 0) is 23.3 Å². The zero-order valence-corrected chi connectivity index (χ0v) is 12.5. The Balaban J connectivity index is 2.14. The first-order chi connectivity index (χ1) is 8.32. The topological polar surface area (TPSA) is 42.7 Å². The van der Waals surface area contributed by atoms with Crippen LogP contribution in [0.4, 0.5) is 0 Å². The summed E-state index contributed by atoms with van der Waals surface area (Å²) in [5.74, 6) is 1.76. The summed E-state index contributed by atoms with van der Waals surface area (Å²) in [6.45, 7) is 12.7. The highest BCUT2D eigenvalue weighted by Crippen LogP contribution is 2.69. The zero-order chi connectivity index (χ0) is 13.6. The first-order valence-electron chi connectivity index (χ1n) is 6.88. The Morgan fingerprint density at radius 2 is 1.94 bits per heavy atom. The fourth-order valence-corrected chi connectivity index (χ4v) is 3.53. The van der Waals surface area contributed by atoms with Crippen molar-refractivity contribution < 1.29 is 0 Å². The Kier molecular flexibility index (Phi) is 3.26. The van der Waals surface area contributed by atoms with E-state index in [2.05, 4.69) is 50.0 Å². The van der Waals surface area contributed by atoms with E-state index in [9.17, 15) is 0 Å². The maximum absolute atomic E-state index is 4.36. The molecule has 0 radical (unpaired) electrons. The van der Waals surface area contributed by atoms with E-state index in [4.69, 9.17) is 0 Å². The van der Waals surface area contributed by atoms with Crippen molar-refractivity contribution >= 4 is 0 Å². The Hall–Kier alpha value is -0.900. The van der Waals surface area contributed by atoms with Crippen LogP contribution in [0.1, 0.15) is 40.4 Å². The molecule has 1 N–H and O–H groups in total. The van der Waals surface area contributed by atoms with Crippen LogP contribution in [-0.2, 0) is 13.5 Å². The molecule has 18 heavy (non-hydrogen) atoms. The summed E-state index contributed by atoms with van der Waals surface area (Å²) >= 11 is 0. The highest BCUT2D eigenvalue weighted by molar-refractivity contribution is 5.17. The van der Waals surface area contributed by atoms with Gasteiger partial charge in [-0.15, -0.1) is 0 Å². The average molecular weight is 250 g/mol. The monoisotopic (exact) mass is 250 g/mol. The SMILES string of the molecule is CCNC(Cc1ncnn1C)C1C(C)(C)C1(C)C. The van der Waals surface area contributed by atoms with Gasteiger partial charge in [-0.1, -0.05) is 34.6 Å². The van der Waals surface area contributed by atoms with Crippen molar-refractivity contribution in [2.24, 2.45) is 23.8 Å². The molecule has 1 aliphatic carbocycles. The summed E-state index contributed by atoms with van der Waals surface area (Å²) in [6, 6.07) is 0.489. The molecule has 2 rings (SSSR count). The lowest BCUT2D eigenvalue weighted by molar-refractivity contribution is 0.392. The van der Waals surface area contributed by atoms with Gasteiger partial charge < -0.3 is 5.32 Å². The minimum atomic E-state index is 0.401. The molecule has 1 unspecified atom stereocenters. The zero-order valence-electron chi connectivity index (χ0n) is 12.5. The highest BCUT2D eigenvalue weighted by atomic mass is 15.3. The van der Waals surface area contributed by atoms with Crippen LogP contribution in [-0.4, -0.2) is 27.4 Å². The van der Waals surface area contributed by atoms with E-state index in [0.29, 0.717) is 22.8 Å². The predicted molar refractivity (Wildman–Crippen MR) is 73.2 cm³/mol. The lowest BCUT2D eigenvalue weighted by Gasteiger charge is -2.19. The molecule has 1 aromatic heterocycles. The molecule has 0 amide bonds. The third kappa shape index (κ3) is 1.96. The van der Waals surface area contributed by atoms with E-state index in [1.807, 2.05) is 11.7 Å². The highest BCUT2D eigenvalue weighted by Gasteiger charge is 2.66. The van der Waals surface area contributed by atoms with Gasteiger partial charge in [-0.2, -0.15) is 5.10 Å². The van der Waals surface area contributed by atoms with Gasteiger partial charge in [0.15, 0.2) is 0 Å². The van der Waals surface area contributed by atoms with E-state index in [-0.39, 0.29) is 0 Å². The van der Waals surface area contributed by atoms with Crippen molar-refractivity contribution in [3.8, 4) is 0 Å². The molecule has 1 saturated carbocycles. The first-order valence-corrected chi connectivity index (χ1v) is 6.88. The minimum Gasteiger partial charge on any atom is -0.313 e. The maximum atomic E-state index is 4.36. The van der Waals surface area contributed by atoms with Crippen LogP contribution in [0.25, 0.3) is 0 Å². The van der Waals surface area contributed by atoms with Crippen LogP contribution in [0.3, 0.4) is 0 Å². The molecule has 0 spiro atoms. The average Bonchev–Trinajstić information content (AvgIpc) is 2.58. The number of nitrogens with zero attached hydrogens (tertiary/aromatic N) is 3. The molecule has 0 bridgehead atoms. The second-order valence-electron chi connectivity index (χ2n) is 6.59. The quantitative estimate of drug-likeness (QED) is 0.869. The number of nitrogens with one attached hydrogen (secondary N) is 1. The standard InChI is InChI=1S/C14H26N4/c1-7-15-10(8-11-16-9-17-18(11)6)12-13(2,3)14(12,4)5/h9-10,12,15H,7-8H2,1-6H3. The van der Waals surface area contributed by atoms with Crippen molar-refractivity contribution in [3.63, 3.8) is 0 Å². The molecule has 0 aliphatic heterocycles. The van der Waals surface area contributed by atoms with Gasteiger partial charge in [-0.25, -0.2) is 4.98 Å². The van der Waals surface area contributed by atoms with Gasteiger partial charge in [0.25, 0.3) is 0 Å². The molecule has 4 heteroatoms. The van der Waals surface area contributed by atoms with Gasteiger partial charge in [0.05, 0.1) is 0 Å². The van der Waals surface area contributed by atoms with Gasteiger partial charge in [0, 0.05) is 19.5 Å². The molecule has 1 aliphatic rings. The molecular formula is C14H26N4. The Labute approximate surface area is 110 Å². The number of aryl methyl sites for hydroxylation is 1. The molecule has 1 fully saturated rings. The summed E-state index contributed by atoms with van der Waals surface area (Å²) in [6.07, 6.45) is 2.60. The molecule has 102 valence electrons. The van der Waals surface area contributed by atoms with E-state index in [1.165, 1.54) is 0 Å². The van der Waals surface area contributed by atoms with Gasteiger partial charge in [0.2, 0.25) is 0 Å². The van der Waals surface area contributed by atoms with Crippen molar-refractivity contribution in [3.05, 3.63) is 12.2 Å². The van der Waals surface area contributed by atoms with Gasteiger partial charge >= 0.3 is 0 Å². The molecule has 4 nitrogen and oxygen atoms in total. The molecule has 0 aromatic carbocycles. The molecule has 0 saturated heterocycles. The number of aromatic nitrogens is 3. The minimum absolute atomic E-state index is 0.401. The van der Waals surface area contributed by atoms with Gasteiger partial charge in [0.1, 0.15) is 12.2 Å². The smallest absolute Gasteiger partial charge is 0.138 e. The molecule has 1 atom stereocenters. The summed E-state index contributed by atoms with van der Waals surface area (Å²) < 4.78 is 1.88. The van der Waals surface area contributed by atoms with E-state index in [0.717, 1.165) is 18.8 Å². The van der Waals surface area contributed by atoms with Crippen LogP contribution in [0.15, 0.2) is 6.33 Å². The van der Waals surface area contributed by atoms with Crippen LogP contribution in [0.5, 0.6) is 0 Å². The Bertz CT molecular complexity index is 405. The fourth-order valence-electron chi connectivity index (χ4n) is 3.53.